The molecule has 3 amide bonds. The second-order valence-electron chi connectivity index (χ2n) is 6.57. The number of hydrogen-bond acceptors (Lipinski definition) is 3. The first-order chi connectivity index (χ1) is 13.0. The normalized spacial score (nSPS) is 21.1. The highest BCUT2D eigenvalue weighted by Crippen LogP contribution is 2.44. The van der Waals surface area contributed by atoms with Gasteiger partial charge in [0.05, 0.1) is 11.3 Å². The highest BCUT2D eigenvalue weighted by atomic mass is 35.5. The van der Waals surface area contributed by atoms with E-state index in [0.717, 1.165) is 0 Å². The van der Waals surface area contributed by atoms with Crippen LogP contribution in [0.1, 0.15) is 30.1 Å². The molecule has 0 spiro atoms. The predicted octanol–water partition coefficient (Wildman–Crippen LogP) is 3.28. The zero-order valence-corrected chi connectivity index (χ0v) is 15.5. The maximum atomic E-state index is 13.4. The number of halogens is 1. The first-order valence-corrected chi connectivity index (χ1v) is 9.18. The van der Waals surface area contributed by atoms with E-state index in [2.05, 4.69) is 5.32 Å². The highest BCUT2D eigenvalue weighted by Gasteiger charge is 2.60. The zero-order valence-electron chi connectivity index (χ0n) is 14.7. The number of likely N-dealkylation sites (N-methyl/N-ethyl adjacent to an activating group) is 1. The quantitative estimate of drug-likeness (QED) is 0.884. The molecule has 0 radical (unpaired) electrons. The second kappa shape index (κ2) is 6.39. The zero-order chi connectivity index (χ0) is 19.2. The fourth-order valence-electron chi connectivity index (χ4n) is 3.97. The third kappa shape index (κ3) is 2.51. The molecule has 7 heteroatoms. The van der Waals surface area contributed by atoms with Crippen molar-refractivity contribution in [1.29, 1.82) is 0 Å². The molecular weight excluding hydrogens is 366 g/mol. The van der Waals surface area contributed by atoms with Gasteiger partial charge in [-0.2, -0.15) is 0 Å². The molecule has 1 fully saturated rings. The van der Waals surface area contributed by atoms with Crippen LogP contribution < -0.4 is 10.2 Å². The van der Waals surface area contributed by atoms with Gasteiger partial charge in [0.25, 0.3) is 11.8 Å². The lowest BCUT2D eigenvalue weighted by molar-refractivity contribution is -0.128. The smallest absolute Gasteiger partial charge is 0.271 e. The molecular formula is C20H18ClN3O3. The van der Waals surface area contributed by atoms with Crippen molar-refractivity contribution in [2.75, 3.05) is 16.8 Å². The van der Waals surface area contributed by atoms with Gasteiger partial charge in [-0.1, -0.05) is 23.7 Å². The van der Waals surface area contributed by atoms with E-state index in [4.69, 9.17) is 11.6 Å². The molecule has 0 aliphatic carbocycles. The summed E-state index contributed by atoms with van der Waals surface area (Å²) in [5, 5.41) is 3.41. The van der Waals surface area contributed by atoms with E-state index >= 15 is 0 Å². The van der Waals surface area contributed by atoms with E-state index in [1.807, 2.05) is 6.92 Å². The van der Waals surface area contributed by atoms with Gasteiger partial charge in [0, 0.05) is 30.1 Å². The van der Waals surface area contributed by atoms with Crippen LogP contribution in [0.3, 0.4) is 0 Å². The van der Waals surface area contributed by atoms with Gasteiger partial charge in [-0.15, -0.1) is 0 Å². The Morgan fingerprint density at radius 2 is 1.85 bits per heavy atom. The van der Waals surface area contributed by atoms with Crippen molar-refractivity contribution in [3.63, 3.8) is 0 Å². The Morgan fingerprint density at radius 1 is 1.15 bits per heavy atom. The summed E-state index contributed by atoms with van der Waals surface area (Å²) in [4.78, 5) is 42.2. The molecule has 1 atom stereocenters. The first-order valence-electron chi connectivity index (χ1n) is 8.80. The topological polar surface area (TPSA) is 69.7 Å². The molecule has 0 bridgehead atoms. The average Bonchev–Trinajstić information content (AvgIpc) is 3.02. The lowest BCUT2D eigenvalue weighted by atomic mass is 9.95. The van der Waals surface area contributed by atoms with Crippen LogP contribution in [0.4, 0.5) is 11.4 Å². The van der Waals surface area contributed by atoms with Crippen molar-refractivity contribution in [3.8, 4) is 0 Å². The van der Waals surface area contributed by atoms with Crippen molar-refractivity contribution < 1.29 is 14.4 Å². The Morgan fingerprint density at radius 3 is 2.56 bits per heavy atom. The Kier molecular flexibility index (Phi) is 4.15. The minimum Gasteiger partial charge on any atom is -0.322 e. The van der Waals surface area contributed by atoms with Crippen molar-refractivity contribution >= 4 is 40.7 Å². The molecule has 1 N–H and O–H groups in total. The Bertz CT molecular complexity index is 944. The van der Waals surface area contributed by atoms with Crippen LogP contribution >= 0.6 is 11.6 Å². The van der Waals surface area contributed by atoms with Crippen LogP contribution in [-0.2, 0) is 9.59 Å². The molecule has 0 unspecified atom stereocenters. The second-order valence-corrected chi connectivity index (χ2v) is 7.01. The maximum Gasteiger partial charge on any atom is 0.271 e. The minimum atomic E-state index is -1.36. The van der Waals surface area contributed by atoms with Gasteiger partial charge in [-0.25, -0.2) is 0 Å². The molecule has 1 saturated heterocycles. The van der Waals surface area contributed by atoms with Gasteiger partial charge in [0.1, 0.15) is 0 Å². The molecule has 27 heavy (non-hydrogen) atoms. The first kappa shape index (κ1) is 17.5. The number of benzene rings is 2. The number of para-hydroxylation sites is 1. The third-order valence-corrected chi connectivity index (χ3v) is 5.41. The molecule has 2 aliphatic heterocycles. The molecule has 2 aromatic rings. The summed E-state index contributed by atoms with van der Waals surface area (Å²) in [6, 6.07) is 13.6. The van der Waals surface area contributed by atoms with E-state index in [1.54, 1.807) is 48.5 Å². The van der Waals surface area contributed by atoms with Gasteiger partial charge in [-0.05, 0) is 43.3 Å². The molecule has 138 valence electrons. The van der Waals surface area contributed by atoms with Gasteiger partial charge in [0.2, 0.25) is 11.6 Å². The Balaban J connectivity index is 1.82. The Hall–Kier alpha value is -2.86. The largest absolute Gasteiger partial charge is 0.322 e. The van der Waals surface area contributed by atoms with E-state index in [1.165, 1.54) is 9.80 Å². The summed E-state index contributed by atoms with van der Waals surface area (Å²) < 4.78 is 0. The molecule has 2 aromatic carbocycles. The van der Waals surface area contributed by atoms with Crippen LogP contribution in [0.5, 0.6) is 0 Å². The summed E-state index contributed by atoms with van der Waals surface area (Å²) in [5.41, 5.74) is 0.114. The third-order valence-electron chi connectivity index (χ3n) is 5.16. The number of nitrogens with one attached hydrogen (secondary N) is 1. The monoisotopic (exact) mass is 383 g/mol. The molecule has 2 heterocycles. The van der Waals surface area contributed by atoms with Gasteiger partial charge in [0.15, 0.2) is 0 Å². The molecule has 0 aromatic heterocycles. The SMILES string of the molecule is CCN1C(=O)c2ccccc2N2C(=O)CC[C@]12C(=O)Nc1ccc(Cl)cc1. The van der Waals surface area contributed by atoms with Crippen LogP contribution in [0.2, 0.25) is 5.02 Å². The van der Waals surface area contributed by atoms with Gasteiger partial charge < -0.3 is 10.2 Å². The van der Waals surface area contributed by atoms with Gasteiger partial charge >= 0.3 is 0 Å². The van der Waals surface area contributed by atoms with Crippen molar-refractivity contribution in [2.45, 2.75) is 25.4 Å². The fourth-order valence-corrected chi connectivity index (χ4v) is 4.10. The fraction of sp³-hybridized carbons (Fsp3) is 0.250. The molecule has 6 nitrogen and oxygen atoms in total. The molecule has 4 rings (SSSR count). The van der Waals surface area contributed by atoms with Crippen molar-refractivity contribution in [1.82, 2.24) is 4.90 Å². The number of carbonyl (C=O) groups excluding carboxylic acids is 3. The lowest BCUT2D eigenvalue weighted by Crippen LogP contribution is -2.69. The summed E-state index contributed by atoms with van der Waals surface area (Å²) >= 11 is 5.91. The average molecular weight is 384 g/mol. The number of rotatable bonds is 3. The van der Waals surface area contributed by atoms with Crippen molar-refractivity contribution in [3.05, 3.63) is 59.1 Å². The summed E-state index contributed by atoms with van der Waals surface area (Å²) in [6.07, 6.45) is 0.450. The van der Waals surface area contributed by atoms with Gasteiger partial charge in [-0.3, -0.25) is 19.3 Å². The number of hydrogen-bond donors (Lipinski definition) is 1. The summed E-state index contributed by atoms with van der Waals surface area (Å²) in [7, 11) is 0. The lowest BCUT2D eigenvalue weighted by Gasteiger charge is -2.48. The maximum absolute atomic E-state index is 13.4. The van der Waals surface area contributed by atoms with E-state index in [-0.39, 0.29) is 24.7 Å². The summed E-state index contributed by atoms with van der Waals surface area (Å²) in [5.74, 6) is -0.815. The molecule has 0 saturated carbocycles. The number of nitrogens with zero attached hydrogens (tertiary/aromatic N) is 2. The molecule has 2 aliphatic rings. The standard InChI is InChI=1S/C20H18ClN3O3/c1-2-23-18(26)15-5-3-4-6-16(15)24-17(25)11-12-20(23,24)19(27)22-14-9-7-13(21)8-10-14/h3-10H,2,11-12H2,1H3,(H,22,27)/t20-/m0/s1. The van der Waals surface area contributed by atoms with Crippen LogP contribution in [0, 0.1) is 0 Å². The van der Waals surface area contributed by atoms with Crippen LogP contribution in [0.25, 0.3) is 0 Å². The predicted molar refractivity (Wildman–Crippen MR) is 103 cm³/mol. The Labute approximate surface area is 161 Å². The van der Waals surface area contributed by atoms with E-state index < -0.39 is 11.6 Å². The van der Waals surface area contributed by atoms with Crippen LogP contribution in [-0.4, -0.2) is 34.8 Å². The number of anilines is 2. The van der Waals surface area contributed by atoms with E-state index in [9.17, 15) is 14.4 Å². The number of fused-ring (bicyclic) bond motifs is 3. The minimum absolute atomic E-state index is 0.167. The number of carbonyl (C=O) groups is 3. The van der Waals surface area contributed by atoms with E-state index in [0.29, 0.717) is 28.5 Å². The van der Waals surface area contributed by atoms with Crippen LogP contribution in [0.15, 0.2) is 48.5 Å². The highest BCUT2D eigenvalue weighted by molar-refractivity contribution is 6.30. The van der Waals surface area contributed by atoms with Crippen molar-refractivity contribution in [2.24, 2.45) is 0 Å². The number of amides is 3. The summed E-state index contributed by atoms with van der Waals surface area (Å²) in [6.45, 7) is 2.12.